The lowest BCUT2D eigenvalue weighted by atomic mass is 9.88. The molecule has 0 bridgehead atoms. The van der Waals surface area contributed by atoms with E-state index in [0.29, 0.717) is 13.0 Å². The number of carbonyl (C=O) groups is 1. The number of β-amino-alcohol motifs (C(OH)–C–C–N with tert-alkyl or cyclic N) is 1. The zero-order valence-electron chi connectivity index (χ0n) is 13.9. The summed E-state index contributed by atoms with van der Waals surface area (Å²) < 4.78 is 1.84. The Bertz CT molecular complexity index is 627. The van der Waals surface area contributed by atoms with Crippen molar-refractivity contribution in [2.24, 2.45) is 5.92 Å². The van der Waals surface area contributed by atoms with Crippen LogP contribution in [0.3, 0.4) is 0 Å². The molecule has 5 heteroatoms. The number of piperidine rings is 1. The third kappa shape index (κ3) is 4.45. The molecule has 24 heavy (non-hydrogen) atoms. The molecular weight excluding hydrogens is 302 g/mol. The lowest BCUT2D eigenvalue weighted by Crippen LogP contribution is -2.47. The van der Waals surface area contributed by atoms with Crippen LogP contribution in [0.1, 0.15) is 24.8 Å². The van der Waals surface area contributed by atoms with Crippen molar-refractivity contribution >= 4 is 5.91 Å². The lowest BCUT2D eigenvalue weighted by Gasteiger charge is -2.36. The summed E-state index contributed by atoms with van der Waals surface area (Å²) in [5.74, 6) is 0.375. The van der Waals surface area contributed by atoms with Gasteiger partial charge in [-0.3, -0.25) is 9.48 Å². The van der Waals surface area contributed by atoms with E-state index in [9.17, 15) is 9.90 Å². The minimum Gasteiger partial charge on any atom is -0.391 e. The standard InChI is InChI=1S/C19H25N3O2/c23-18-15-21(19(24)8-4-11-22-12-5-10-20-22)13-9-17(18)14-16-6-2-1-3-7-16/h1-3,5-7,10,12,17-18,23H,4,8-9,11,13-15H2/t17-,18+/m1/s1. The van der Waals surface area contributed by atoms with Gasteiger partial charge in [-0.15, -0.1) is 0 Å². The molecule has 1 N–H and O–H groups in total. The summed E-state index contributed by atoms with van der Waals surface area (Å²) >= 11 is 0. The van der Waals surface area contributed by atoms with Crippen LogP contribution in [0, 0.1) is 5.92 Å². The molecule has 3 rings (SSSR count). The Kier molecular flexibility index (Phi) is 5.64. The quantitative estimate of drug-likeness (QED) is 0.884. The topological polar surface area (TPSA) is 58.4 Å². The Hall–Kier alpha value is -2.14. The van der Waals surface area contributed by atoms with Gasteiger partial charge in [0, 0.05) is 38.4 Å². The highest BCUT2D eigenvalue weighted by atomic mass is 16.3. The molecule has 128 valence electrons. The van der Waals surface area contributed by atoms with Gasteiger partial charge >= 0.3 is 0 Å². The van der Waals surface area contributed by atoms with Crippen molar-refractivity contribution < 1.29 is 9.90 Å². The molecular formula is C19H25N3O2. The van der Waals surface area contributed by atoms with Crippen molar-refractivity contribution in [3.63, 3.8) is 0 Å². The fourth-order valence-electron chi connectivity index (χ4n) is 3.34. The summed E-state index contributed by atoms with van der Waals surface area (Å²) in [6.45, 7) is 1.96. The van der Waals surface area contributed by atoms with Crippen LogP contribution in [0.25, 0.3) is 0 Å². The third-order valence-electron chi connectivity index (χ3n) is 4.75. The number of hydrogen-bond acceptors (Lipinski definition) is 3. The van der Waals surface area contributed by atoms with E-state index in [2.05, 4.69) is 17.2 Å². The molecule has 1 saturated heterocycles. The maximum absolute atomic E-state index is 12.3. The predicted octanol–water partition coefficient (Wildman–Crippen LogP) is 2.12. The van der Waals surface area contributed by atoms with Gasteiger partial charge in [0.1, 0.15) is 0 Å². The number of aliphatic hydroxyl groups is 1. The van der Waals surface area contributed by atoms with E-state index in [1.54, 1.807) is 6.20 Å². The van der Waals surface area contributed by atoms with E-state index in [1.165, 1.54) is 5.56 Å². The fourth-order valence-corrected chi connectivity index (χ4v) is 3.34. The molecule has 2 atom stereocenters. The summed E-state index contributed by atoms with van der Waals surface area (Å²) in [6.07, 6.45) is 6.24. The second-order valence-electron chi connectivity index (χ2n) is 6.52. The normalized spacial score (nSPS) is 21.0. The van der Waals surface area contributed by atoms with Crippen molar-refractivity contribution in [2.45, 2.75) is 38.3 Å². The van der Waals surface area contributed by atoms with Crippen molar-refractivity contribution in [1.29, 1.82) is 0 Å². The van der Waals surface area contributed by atoms with Gasteiger partial charge in [0.05, 0.1) is 6.10 Å². The molecule has 0 radical (unpaired) electrons. The molecule has 0 saturated carbocycles. The number of carbonyl (C=O) groups excluding carboxylic acids is 1. The van der Waals surface area contributed by atoms with E-state index in [0.717, 1.165) is 32.4 Å². The molecule has 0 aliphatic carbocycles. The number of aryl methyl sites for hydroxylation is 1. The highest BCUT2D eigenvalue weighted by Gasteiger charge is 2.29. The molecule has 2 heterocycles. The van der Waals surface area contributed by atoms with Crippen molar-refractivity contribution in [3.05, 3.63) is 54.4 Å². The number of aliphatic hydroxyl groups excluding tert-OH is 1. The van der Waals surface area contributed by atoms with Crippen LogP contribution in [0.2, 0.25) is 0 Å². The molecule has 0 spiro atoms. The SMILES string of the molecule is O=C(CCCn1cccn1)N1CC[C@H](Cc2ccccc2)[C@@H](O)C1. The molecule has 1 aliphatic rings. The fraction of sp³-hybridized carbons (Fsp3) is 0.474. The number of rotatable bonds is 6. The molecule has 0 unspecified atom stereocenters. The largest absolute Gasteiger partial charge is 0.391 e. The van der Waals surface area contributed by atoms with Crippen molar-refractivity contribution in [1.82, 2.24) is 14.7 Å². The third-order valence-corrected chi connectivity index (χ3v) is 4.75. The summed E-state index contributed by atoms with van der Waals surface area (Å²) in [5.41, 5.74) is 1.25. The van der Waals surface area contributed by atoms with Gasteiger partial charge in [0.15, 0.2) is 0 Å². The van der Waals surface area contributed by atoms with E-state index in [4.69, 9.17) is 0 Å². The highest BCUT2D eigenvalue weighted by molar-refractivity contribution is 5.76. The second-order valence-corrected chi connectivity index (χ2v) is 6.52. The maximum atomic E-state index is 12.3. The Balaban J connectivity index is 1.43. The molecule has 2 aromatic rings. The first-order chi connectivity index (χ1) is 11.7. The van der Waals surface area contributed by atoms with Gasteiger partial charge < -0.3 is 10.0 Å². The zero-order chi connectivity index (χ0) is 16.8. The molecule has 1 aromatic carbocycles. The number of nitrogens with zero attached hydrogens (tertiary/aromatic N) is 3. The first-order valence-electron chi connectivity index (χ1n) is 8.69. The average Bonchev–Trinajstić information content (AvgIpc) is 3.11. The van der Waals surface area contributed by atoms with Gasteiger partial charge in [0.25, 0.3) is 0 Å². The molecule has 1 fully saturated rings. The van der Waals surface area contributed by atoms with Gasteiger partial charge in [-0.05, 0) is 36.8 Å². The Morgan fingerprint density at radius 1 is 1.25 bits per heavy atom. The molecule has 5 nitrogen and oxygen atoms in total. The van der Waals surface area contributed by atoms with Crippen LogP contribution in [0.5, 0.6) is 0 Å². The first-order valence-corrected chi connectivity index (χ1v) is 8.69. The van der Waals surface area contributed by atoms with Crippen LogP contribution in [0.15, 0.2) is 48.8 Å². The number of likely N-dealkylation sites (tertiary alicyclic amines) is 1. The van der Waals surface area contributed by atoms with Crippen LogP contribution >= 0.6 is 0 Å². The number of hydrogen-bond donors (Lipinski definition) is 1. The Labute approximate surface area is 142 Å². The van der Waals surface area contributed by atoms with Gasteiger partial charge in [-0.2, -0.15) is 5.10 Å². The van der Waals surface area contributed by atoms with E-state index in [1.807, 2.05) is 40.0 Å². The van der Waals surface area contributed by atoms with Crippen LogP contribution < -0.4 is 0 Å². The molecule has 1 amide bonds. The van der Waals surface area contributed by atoms with Crippen LogP contribution in [-0.2, 0) is 17.8 Å². The maximum Gasteiger partial charge on any atom is 0.222 e. The molecule has 1 aliphatic heterocycles. The summed E-state index contributed by atoms with van der Waals surface area (Å²) in [4.78, 5) is 14.1. The van der Waals surface area contributed by atoms with Crippen molar-refractivity contribution in [2.75, 3.05) is 13.1 Å². The van der Waals surface area contributed by atoms with Crippen LogP contribution in [0.4, 0.5) is 0 Å². The lowest BCUT2D eigenvalue weighted by molar-refractivity contribution is -0.135. The minimum atomic E-state index is -0.436. The van der Waals surface area contributed by atoms with E-state index in [-0.39, 0.29) is 11.8 Å². The summed E-state index contributed by atoms with van der Waals surface area (Å²) in [5, 5.41) is 14.6. The zero-order valence-corrected chi connectivity index (χ0v) is 13.9. The number of aromatic nitrogens is 2. The Morgan fingerprint density at radius 2 is 2.08 bits per heavy atom. The highest BCUT2D eigenvalue weighted by Crippen LogP contribution is 2.23. The number of amides is 1. The van der Waals surface area contributed by atoms with Gasteiger partial charge in [-0.25, -0.2) is 0 Å². The predicted molar refractivity (Wildman–Crippen MR) is 92.3 cm³/mol. The number of benzene rings is 1. The second kappa shape index (κ2) is 8.11. The first kappa shape index (κ1) is 16.7. The monoisotopic (exact) mass is 327 g/mol. The van der Waals surface area contributed by atoms with Crippen LogP contribution in [-0.4, -0.2) is 44.9 Å². The summed E-state index contributed by atoms with van der Waals surface area (Å²) in [6, 6.07) is 12.1. The van der Waals surface area contributed by atoms with E-state index < -0.39 is 6.10 Å². The van der Waals surface area contributed by atoms with Gasteiger partial charge in [-0.1, -0.05) is 30.3 Å². The smallest absolute Gasteiger partial charge is 0.222 e. The molecule has 1 aromatic heterocycles. The van der Waals surface area contributed by atoms with Crippen molar-refractivity contribution in [3.8, 4) is 0 Å². The average molecular weight is 327 g/mol. The van der Waals surface area contributed by atoms with E-state index >= 15 is 0 Å². The minimum absolute atomic E-state index is 0.138. The van der Waals surface area contributed by atoms with Gasteiger partial charge in [0.2, 0.25) is 5.91 Å². The summed E-state index contributed by atoms with van der Waals surface area (Å²) in [7, 11) is 0. The Morgan fingerprint density at radius 3 is 2.79 bits per heavy atom.